The Labute approximate surface area is 127 Å². The van der Waals surface area contributed by atoms with Gasteiger partial charge >= 0.3 is 6.09 Å². The smallest absolute Gasteiger partial charge is 0.407 e. The van der Waals surface area contributed by atoms with Gasteiger partial charge in [0.25, 0.3) is 5.69 Å². The Morgan fingerprint density at radius 3 is 2.62 bits per heavy atom. The van der Waals surface area contributed by atoms with Gasteiger partial charge in [0.05, 0.1) is 15.6 Å². The van der Waals surface area contributed by atoms with Gasteiger partial charge in [-0.2, -0.15) is 0 Å². The van der Waals surface area contributed by atoms with Gasteiger partial charge in [-0.3, -0.25) is 10.1 Å². The summed E-state index contributed by atoms with van der Waals surface area (Å²) in [6.45, 7) is 5.98. The fourth-order valence-corrected chi connectivity index (χ4v) is 1.62. The monoisotopic (exact) mass is 315 g/mol. The van der Waals surface area contributed by atoms with E-state index in [9.17, 15) is 14.9 Å². The number of carbonyl (C=O) groups is 1. The Bertz CT molecular complexity index is 529. The summed E-state index contributed by atoms with van der Waals surface area (Å²) < 4.78 is 5.07. The molecule has 0 aromatic heterocycles. The molecule has 21 heavy (non-hydrogen) atoms. The molecule has 0 radical (unpaired) electrons. The summed E-state index contributed by atoms with van der Waals surface area (Å²) in [6, 6.07) is 4.12. The van der Waals surface area contributed by atoms with Crippen LogP contribution in [0.15, 0.2) is 18.2 Å². The lowest BCUT2D eigenvalue weighted by atomic mass is 10.2. The largest absolute Gasteiger partial charge is 0.444 e. The molecule has 1 amide bonds. The second-order valence-corrected chi connectivity index (χ2v) is 5.68. The third kappa shape index (κ3) is 6.31. The first-order valence-corrected chi connectivity index (χ1v) is 6.71. The number of hydrogen-bond donors (Lipinski definition) is 2. The average molecular weight is 316 g/mol. The molecule has 0 aliphatic heterocycles. The van der Waals surface area contributed by atoms with Gasteiger partial charge in [-0.25, -0.2) is 4.79 Å². The quantitative estimate of drug-likeness (QED) is 0.494. The molecule has 0 heterocycles. The number of benzene rings is 1. The van der Waals surface area contributed by atoms with E-state index in [1.807, 2.05) is 0 Å². The van der Waals surface area contributed by atoms with Crippen molar-refractivity contribution in [2.75, 3.05) is 18.4 Å². The molecule has 8 heteroatoms. The predicted molar refractivity (Wildman–Crippen MR) is 80.8 cm³/mol. The maximum atomic E-state index is 11.4. The third-order valence-corrected chi connectivity index (χ3v) is 2.60. The molecule has 0 bridgehead atoms. The number of hydrogen-bond acceptors (Lipinski definition) is 5. The van der Waals surface area contributed by atoms with Gasteiger partial charge in [0, 0.05) is 25.2 Å². The highest BCUT2D eigenvalue weighted by atomic mass is 35.5. The second-order valence-electron chi connectivity index (χ2n) is 5.28. The first-order chi connectivity index (χ1) is 9.69. The molecule has 0 aliphatic carbocycles. The summed E-state index contributed by atoms with van der Waals surface area (Å²) in [6.07, 6.45) is -0.519. The van der Waals surface area contributed by atoms with Crippen LogP contribution in [0.1, 0.15) is 20.8 Å². The van der Waals surface area contributed by atoms with Gasteiger partial charge in [-0.05, 0) is 26.8 Å². The molecular formula is C13H18ClN3O4. The van der Waals surface area contributed by atoms with Gasteiger partial charge in [0.2, 0.25) is 0 Å². The van der Waals surface area contributed by atoms with Gasteiger partial charge in [0.15, 0.2) is 0 Å². The number of rotatable bonds is 5. The van der Waals surface area contributed by atoms with E-state index < -0.39 is 16.6 Å². The van der Waals surface area contributed by atoms with Crippen molar-refractivity contribution >= 4 is 29.1 Å². The Morgan fingerprint density at radius 1 is 1.38 bits per heavy atom. The number of amides is 1. The summed E-state index contributed by atoms with van der Waals surface area (Å²) in [7, 11) is 0. The zero-order valence-corrected chi connectivity index (χ0v) is 12.9. The maximum Gasteiger partial charge on any atom is 0.407 e. The van der Waals surface area contributed by atoms with Gasteiger partial charge in [-0.15, -0.1) is 0 Å². The van der Waals surface area contributed by atoms with Crippen molar-refractivity contribution in [3.05, 3.63) is 33.3 Å². The average Bonchev–Trinajstić information content (AvgIpc) is 2.34. The molecule has 0 unspecified atom stereocenters. The lowest BCUT2D eigenvalue weighted by molar-refractivity contribution is -0.384. The minimum absolute atomic E-state index is 0.0537. The number of non-ortho nitro benzene ring substituents is 1. The molecule has 116 valence electrons. The standard InChI is InChI=1S/C13H18ClN3O4/c1-13(2,3)21-12(18)16-7-6-15-11-8-9(17(19)20)4-5-10(11)14/h4-5,8,15H,6-7H2,1-3H3,(H,16,18). The lowest BCUT2D eigenvalue weighted by Gasteiger charge is -2.19. The summed E-state index contributed by atoms with van der Waals surface area (Å²) in [5.41, 5.74) is -0.167. The van der Waals surface area contributed by atoms with E-state index in [0.29, 0.717) is 23.8 Å². The highest BCUT2D eigenvalue weighted by Crippen LogP contribution is 2.26. The van der Waals surface area contributed by atoms with Crippen LogP contribution in [-0.4, -0.2) is 29.7 Å². The Hall–Kier alpha value is -2.02. The van der Waals surface area contributed by atoms with Crippen LogP contribution in [0.4, 0.5) is 16.2 Å². The van der Waals surface area contributed by atoms with Gasteiger partial charge in [0.1, 0.15) is 5.60 Å². The van der Waals surface area contributed by atoms with E-state index >= 15 is 0 Å². The molecule has 0 saturated carbocycles. The SMILES string of the molecule is CC(C)(C)OC(=O)NCCNc1cc([N+](=O)[O-])ccc1Cl. The molecule has 2 N–H and O–H groups in total. The number of alkyl carbamates (subject to hydrolysis) is 1. The van der Waals surface area contributed by atoms with E-state index in [-0.39, 0.29) is 5.69 Å². The molecule has 7 nitrogen and oxygen atoms in total. The van der Waals surface area contributed by atoms with Crippen LogP contribution in [0.2, 0.25) is 5.02 Å². The second kappa shape index (κ2) is 7.12. The van der Waals surface area contributed by atoms with E-state index in [1.54, 1.807) is 20.8 Å². The van der Waals surface area contributed by atoms with Crippen molar-refractivity contribution < 1.29 is 14.5 Å². The molecule has 1 rings (SSSR count). The van der Waals surface area contributed by atoms with Crippen molar-refractivity contribution in [2.24, 2.45) is 0 Å². The molecular weight excluding hydrogens is 298 g/mol. The number of halogens is 1. The topological polar surface area (TPSA) is 93.5 Å². The zero-order valence-electron chi connectivity index (χ0n) is 12.1. The van der Waals surface area contributed by atoms with Crippen molar-refractivity contribution in [1.82, 2.24) is 5.32 Å². The highest BCUT2D eigenvalue weighted by molar-refractivity contribution is 6.33. The zero-order chi connectivity index (χ0) is 16.0. The predicted octanol–water partition coefficient (Wildman–Crippen LogP) is 3.18. The van der Waals surface area contributed by atoms with Crippen molar-refractivity contribution in [1.29, 1.82) is 0 Å². The Morgan fingerprint density at radius 2 is 2.05 bits per heavy atom. The summed E-state index contributed by atoms with van der Waals surface area (Å²) in [5, 5.41) is 16.5. The van der Waals surface area contributed by atoms with E-state index in [1.165, 1.54) is 18.2 Å². The number of anilines is 1. The summed E-state index contributed by atoms with van der Waals surface area (Å²) in [5.74, 6) is 0. The number of nitro groups is 1. The Kier molecular flexibility index (Phi) is 5.78. The number of nitrogens with zero attached hydrogens (tertiary/aromatic N) is 1. The molecule has 0 spiro atoms. The van der Waals surface area contributed by atoms with Crippen LogP contribution < -0.4 is 10.6 Å². The molecule has 1 aromatic rings. The number of ether oxygens (including phenoxy) is 1. The van der Waals surface area contributed by atoms with Crippen LogP contribution in [0.5, 0.6) is 0 Å². The van der Waals surface area contributed by atoms with Gasteiger partial charge in [-0.1, -0.05) is 11.6 Å². The number of carbonyl (C=O) groups excluding carboxylic acids is 1. The fourth-order valence-electron chi connectivity index (χ4n) is 1.44. The third-order valence-electron chi connectivity index (χ3n) is 2.27. The van der Waals surface area contributed by atoms with Crippen molar-refractivity contribution in [3.8, 4) is 0 Å². The maximum absolute atomic E-state index is 11.4. The molecule has 0 atom stereocenters. The lowest BCUT2D eigenvalue weighted by Crippen LogP contribution is -2.35. The highest BCUT2D eigenvalue weighted by Gasteiger charge is 2.15. The van der Waals surface area contributed by atoms with E-state index in [4.69, 9.17) is 16.3 Å². The van der Waals surface area contributed by atoms with Crippen LogP contribution in [0.25, 0.3) is 0 Å². The van der Waals surface area contributed by atoms with Gasteiger partial charge < -0.3 is 15.4 Å². The summed E-state index contributed by atoms with van der Waals surface area (Å²) in [4.78, 5) is 21.6. The minimum Gasteiger partial charge on any atom is -0.444 e. The first kappa shape index (κ1) is 17.0. The molecule has 0 aliphatic rings. The molecule has 0 saturated heterocycles. The molecule has 1 aromatic carbocycles. The number of nitro benzene ring substituents is 1. The van der Waals surface area contributed by atoms with Crippen molar-refractivity contribution in [2.45, 2.75) is 26.4 Å². The summed E-state index contributed by atoms with van der Waals surface area (Å²) >= 11 is 5.93. The van der Waals surface area contributed by atoms with Crippen LogP contribution in [0.3, 0.4) is 0 Å². The normalized spacial score (nSPS) is 10.9. The first-order valence-electron chi connectivity index (χ1n) is 6.34. The van der Waals surface area contributed by atoms with Crippen molar-refractivity contribution in [3.63, 3.8) is 0 Å². The van der Waals surface area contributed by atoms with Crippen LogP contribution in [0, 0.1) is 10.1 Å². The number of nitrogens with one attached hydrogen (secondary N) is 2. The van der Waals surface area contributed by atoms with E-state index in [2.05, 4.69) is 10.6 Å². The van der Waals surface area contributed by atoms with E-state index in [0.717, 1.165) is 0 Å². The minimum atomic E-state index is -0.555. The fraction of sp³-hybridized carbons (Fsp3) is 0.462. The van der Waals surface area contributed by atoms with Crippen LogP contribution in [-0.2, 0) is 4.74 Å². The molecule has 0 fully saturated rings. The van der Waals surface area contributed by atoms with Crippen LogP contribution >= 0.6 is 11.6 Å². The Balaban J connectivity index is 2.44.